The SMILES string of the molecule is CCCC1CCN(c2ccc(CNC(C)C)nn2)C1. The second-order valence-electron chi connectivity index (χ2n) is 5.81. The maximum Gasteiger partial charge on any atom is 0.151 e. The summed E-state index contributed by atoms with van der Waals surface area (Å²) in [6.07, 6.45) is 3.91. The van der Waals surface area contributed by atoms with Gasteiger partial charge in [-0.2, -0.15) is 5.10 Å². The fourth-order valence-electron chi connectivity index (χ4n) is 2.61. The van der Waals surface area contributed by atoms with E-state index >= 15 is 0 Å². The van der Waals surface area contributed by atoms with Gasteiger partial charge in [0.25, 0.3) is 0 Å². The minimum atomic E-state index is 0.481. The number of anilines is 1. The summed E-state index contributed by atoms with van der Waals surface area (Å²) in [6, 6.07) is 4.68. The van der Waals surface area contributed by atoms with Crippen LogP contribution >= 0.6 is 0 Å². The van der Waals surface area contributed by atoms with Crippen molar-refractivity contribution in [3.05, 3.63) is 17.8 Å². The summed E-state index contributed by atoms with van der Waals surface area (Å²) in [7, 11) is 0. The van der Waals surface area contributed by atoms with E-state index in [0.717, 1.165) is 37.1 Å². The van der Waals surface area contributed by atoms with Crippen molar-refractivity contribution in [2.75, 3.05) is 18.0 Å². The third kappa shape index (κ3) is 4.16. The van der Waals surface area contributed by atoms with Crippen LogP contribution in [0.5, 0.6) is 0 Å². The molecule has 1 saturated heterocycles. The molecule has 1 aromatic heterocycles. The van der Waals surface area contributed by atoms with Crippen molar-refractivity contribution >= 4 is 5.82 Å². The predicted octanol–water partition coefficient (Wildman–Crippen LogP) is 2.60. The normalized spacial score (nSPS) is 19.4. The van der Waals surface area contributed by atoms with Crippen molar-refractivity contribution in [1.29, 1.82) is 0 Å². The molecule has 4 nitrogen and oxygen atoms in total. The Hall–Kier alpha value is -1.16. The highest BCUT2D eigenvalue weighted by Crippen LogP contribution is 2.24. The lowest BCUT2D eigenvalue weighted by atomic mass is 10.0. The Labute approximate surface area is 116 Å². The fourth-order valence-corrected chi connectivity index (χ4v) is 2.61. The van der Waals surface area contributed by atoms with Crippen LogP contribution in [0.2, 0.25) is 0 Å². The first kappa shape index (κ1) is 14.3. The van der Waals surface area contributed by atoms with Crippen molar-refractivity contribution in [2.24, 2.45) is 5.92 Å². The number of aromatic nitrogens is 2. The van der Waals surface area contributed by atoms with Crippen LogP contribution in [-0.2, 0) is 6.54 Å². The zero-order valence-corrected chi connectivity index (χ0v) is 12.4. The molecule has 2 rings (SSSR count). The first-order valence-electron chi connectivity index (χ1n) is 7.50. The molecule has 0 saturated carbocycles. The van der Waals surface area contributed by atoms with Gasteiger partial charge in [0.2, 0.25) is 0 Å². The molecule has 0 bridgehead atoms. The van der Waals surface area contributed by atoms with Gasteiger partial charge in [-0.25, -0.2) is 0 Å². The molecule has 0 amide bonds. The smallest absolute Gasteiger partial charge is 0.151 e. The molecular weight excluding hydrogens is 236 g/mol. The zero-order valence-electron chi connectivity index (χ0n) is 12.4. The van der Waals surface area contributed by atoms with Crippen molar-refractivity contribution < 1.29 is 0 Å². The highest BCUT2D eigenvalue weighted by molar-refractivity contribution is 5.38. The van der Waals surface area contributed by atoms with Gasteiger partial charge in [-0.1, -0.05) is 27.2 Å². The molecule has 1 atom stereocenters. The summed E-state index contributed by atoms with van der Waals surface area (Å²) >= 11 is 0. The molecular formula is C15H26N4. The number of hydrogen-bond acceptors (Lipinski definition) is 4. The quantitative estimate of drug-likeness (QED) is 0.855. The average molecular weight is 262 g/mol. The van der Waals surface area contributed by atoms with Crippen LogP contribution in [0.4, 0.5) is 5.82 Å². The second kappa shape index (κ2) is 6.85. The summed E-state index contributed by atoms with van der Waals surface area (Å²) in [5, 5.41) is 12.0. The topological polar surface area (TPSA) is 41.0 Å². The number of nitrogens with one attached hydrogen (secondary N) is 1. The number of rotatable bonds is 6. The van der Waals surface area contributed by atoms with Crippen LogP contribution in [-0.4, -0.2) is 29.3 Å². The van der Waals surface area contributed by atoms with Gasteiger partial charge >= 0.3 is 0 Å². The molecule has 4 heteroatoms. The van der Waals surface area contributed by atoms with Crippen molar-refractivity contribution in [2.45, 2.75) is 52.6 Å². The van der Waals surface area contributed by atoms with E-state index in [0.29, 0.717) is 6.04 Å². The molecule has 1 unspecified atom stereocenters. The van der Waals surface area contributed by atoms with Crippen LogP contribution < -0.4 is 10.2 Å². The molecule has 1 aromatic rings. The largest absolute Gasteiger partial charge is 0.355 e. The van der Waals surface area contributed by atoms with Gasteiger partial charge in [-0.3, -0.25) is 0 Å². The highest BCUT2D eigenvalue weighted by Gasteiger charge is 2.22. The Bertz CT molecular complexity index is 374. The highest BCUT2D eigenvalue weighted by atomic mass is 15.3. The summed E-state index contributed by atoms with van der Waals surface area (Å²) in [5.74, 6) is 1.88. The lowest BCUT2D eigenvalue weighted by molar-refractivity contribution is 0.529. The lowest BCUT2D eigenvalue weighted by Gasteiger charge is -2.17. The molecule has 106 valence electrons. The molecule has 1 fully saturated rings. The van der Waals surface area contributed by atoms with Crippen molar-refractivity contribution in [3.63, 3.8) is 0 Å². The molecule has 1 aliphatic heterocycles. The molecule has 1 N–H and O–H groups in total. The standard InChI is InChI=1S/C15H26N4/c1-4-5-13-8-9-19(11-13)15-7-6-14(17-18-15)10-16-12(2)3/h6-7,12-13,16H,4-5,8-11H2,1-3H3. The minimum absolute atomic E-state index is 0.481. The summed E-state index contributed by atoms with van der Waals surface area (Å²) in [6.45, 7) is 9.61. The molecule has 19 heavy (non-hydrogen) atoms. The predicted molar refractivity (Wildman–Crippen MR) is 79.2 cm³/mol. The molecule has 0 spiro atoms. The van der Waals surface area contributed by atoms with Gasteiger partial charge in [0, 0.05) is 25.7 Å². The lowest BCUT2D eigenvalue weighted by Crippen LogP contribution is -2.24. The van der Waals surface area contributed by atoms with Crippen molar-refractivity contribution in [1.82, 2.24) is 15.5 Å². The monoisotopic (exact) mass is 262 g/mol. The summed E-state index contributed by atoms with van der Waals surface area (Å²) < 4.78 is 0. The Morgan fingerprint density at radius 2 is 2.21 bits per heavy atom. The molecule has 1 aliphatic rings. The fraction of sp³-hybridized carbons (Fsp3) is 0.733. The number of nitrogens with zero attached hydrogens (tertiary/aromatic N) is 3. The molecule has 2 heterocycles. The summed E-state index contributed by atoms with van der Waals surface area (Å²) in [5.41, 5.74) is 1.02. The van der Waals surface area contributed by atoms with Gasteiger partial charge < -0.3 is 10.2 Å². The van der Waals surface area contributed by atoms with Crippen LogP contribution in [0.3, 0.4) is 0 Å². The molecule has 0 radical (unpaired) electrons. The van der Waals surface area contributed by atoms with Gasteiger partial charge in [-0.05, 0) is 30.9 Å². The van der Waals surface area contributed by atoms with Crippen LogP contribution in [0.1, 0.15) is 45.7 Å². The van der Waals surface area contributed by atoms with E-state index in [2.05, 4.69) is 53.3 Å². The Morgan fingerprint density at radius 1 is 1.37 bits per heavy atom. The van der Waals surface area contributed by atoms with Gasteiger partial charge in [-0.15, -0.1) is 5.10 Å². The third-order valence-electron chi connectivity index (χ3n) is 3.70. The average Bonchev–Trinajstić information content (AvgIpc) is 2.86. The van der Waals surface area contributed by atoms with E-state index in [1.165, 1.54) is 19.3 Å². The van der Waals surface area contributed by atoms with Crippen LogP contribution in [0.25, 0.3) is 0 Å². The van der Waals surface area contributed by atoms with Gasteiger partial charge in [0.05, 0.1) is 5.69 Å². The second-order valence-corrected chi connectivity index (χ2v) is 5.81. The zero-order chi connectivity index (χ0) is 13.7. The van der Waals surface area contributed by atoms with E-state index in [4.69, 9.17) is 0 Å². The number of hydrogen-bond donors (Lipinski definition) is 1. The van der Waals surface area contributed by atoms with E-state index in [-0.39, 0.29) is 0 Å². The first-order valence-corrected chi connectivity index (χ1v) is 7.50. The maximum absolute atomic E-state index is 4.37. The Balaban J connectivity index is 1.88. The van der Waals surface area contributed by atoms with E-state index in [9.17, 15) is 0 Å². The minimum Gasteiger partial charge on any atom is -0.355 e. The van der Waals surface area contributed by atoms with Gasteiger partial charge in [0.1, 0.15) is 0 Å². The van der Waals surface area contributed by atoms with Gasteiger partial charge in [0.15, 0.2) is 5.82 Å². The molecule has 0 aliphatic carbocycles. The van der Waals surface area contributed by atoms with E-state index in [1.807, 2.05) is 0 Å². The van der Waals surface area contributed by atoms with E-state index in [1.54, 1.807) is 0 Å². The van der Waals surface area contributed by atoms with Crippen LogP contribution in [0, 0.1) is 5.92 Å². The van der Waals surface area contributed by atoms with Crippen LogP contribution in [0.15, 0.2) is 12.1 Å². The van der Waals surface area contributed by atoms with E-state index < -0.39 is 0 Å². The molecule has 0 aromatic carbocycles. The Morgan fingerprint density at radius 3 is 2.84 bits per heavy atom. The third-order valence-corrected chi connectivity index (χ3v) is 3.70. The summed E-state index contributed by atoms with van der Waals surface area (Å²) in [4.78, 5) is 2.37. The maximum atomic E-state index is 4.37. The Kier molecular flexibility index (Phi) is 5.14. The van der Waals surface area contributed by atoms with Crippen molar-refractivity contribution in [3.8, 4) is 0 Å². The first-order chi connectivity index (χ1) is 9.19.